The second-order valence-electron chi connectivity index (χ2n) is 7.72. The summed E-state index contributed by atoms with van der Waals surface area (Å²) in [5.74, 6) is 0.121. The minimum Gasteiger partial charge on any atom is -0.352 e. The maximum Gasteiger partial charge on any atom is 0.242 e. The van der Waals surface area contributed by atoms with E-state index in [2.05, 4.69) is 53.2 Å². The number of hydrogen-bond donors (Lipinski definition) is 1. The van der Waals surface area contributed by atoms with Crippen LogP contribution in [0.5, 0.6) is 0 Å². The number of amides is 1. The first-order chi connectivity index (χ1) is 14.1. The summed E-state index contributed by atoms with van der Waals surface area (Å²) in [6.07, 6.45) is 1.97. The van der Waals surface area contributed by atoms with Gasteiger partial charge in [-0.2, -0.15) is 0 Å². The Morgan fingerprint density at radius 1 is 1.07 bits per heavy atom. The number of likely N-dealkylation sites (tertiary alicyclic amines) is 1. The van der Waals surface area contributed by atoms with Gasteiger partial charge in [0.2, 0.25) is 5.91 Å². The molecule has 1 amide bonds. The number of carbonyl (C=O) groups is 1. The standard InChI is InChI=1S/C24H32ClN3O/c1-3-28(4-2)23(20-8-6-5-7-9-20)24(29)26-22-14-16-27(17-15-22)18-19-10-12-21(25)13-11-19/h5-13,22-23H,3-4,14-18H2,1-2H3,(H,26,29). The van der Waals surface area contributed by atoms with Gasteiger partial charge in [-0.3, -0.25) is 14.6 Å². The van der Waals surface area contributed by atoms with E-state index >= 15 is 0 Å². The molecule has 0 saturated carbocycles. The third-order valence-electron chi connectivity index (χ3n) is 5.79. The first-order valence-corrected chi connectivity index (χ1v) is 11.0. The van der Waals surface area contributed by atoms with Gasteiger partial charge in [0.1, 0.15) is 6.04 Å². The van der Waals surface area contributed by atoms with Gasteiger partial charge in [0.25, 0.3) is 0 Å². The first-order valence-electron chi connectivity index (χ1n) is 10.7. The molecule has 5 heteroatoms. The number of carbonyl (C=O) groups excluding carboxylic acids is 1. The molecule has 0 aliphatic carbocycles. The third-order valence-corrected chi connectivity index (χ3v) is 6.05. The van der Waals surface area contributed by atoms with Crippen molar-refractivity contribution in [3.63, 3.8) is 0 Å². The monoisotopic (exact) mass is 413 g/mol. The Morgan fingerprint density at radius 2 is 1.69 bits per heavy atom. The summed E-state index contributed by atoms with van der Waals surface area (Å²) in [6.45, 7) is 8.85. The summed E-state index contributed by atoms with van der Waals surface area (Å²) in [6, 6.07) is 18.2. The van der Waals surface area contributed by atoms with Crippen molar-refractivity contribution >= 4 is 17.5 Å². The molecule has 1 heterocycles. The van der Waals surface area contributed by atoms with Crippen LogP contribution >= 0.6 is 11.6 Å². The van der Waals surface area contributed by atoms with Crippen LogP contribution in [-0.2, 0) is 11.3 Å². The van der Waals surface area contributed by atoms with E-state index < -0.39 is 0 Å². The van der Waals surface area contributed by atoms with Gasteiger partial charge in [-0.1, -0.05) is 67.9 Å². The number of nitrogens with one attached hydrogen (secondary N) is 1. The van der Waals surface area contributed by atoms with Gasteiger partial charge >= 0.3 is 0 Å². The molecule has 0 aromatic heterocycles. The van der Waals surface area contributed by atoms with Crippen LogP contribution < -0.4 is 5.32 Å². The molecule has 1 aliphatic heterocycles. The lowest BCUT2D eigenvalue weighted by atomic mass is 10.0. The van der Waals surface area contributed by atoms with E-state index in [4.69, 9.17) is 11.6 Å². The van der Waals surface area contributed by atoms with Crippen molar-refractivity contribution in [3.8, 4) is 0 Å². The van der Waals surface area contributed by atoms with Gasteiger partial charge in [-0.25, -0.2) is 0 Å². The number of rotatable bonds is 8. The fraction of sp³-hybridized carbons (Fsp3) is 0.458. The zero-order chi connectivity index (χ0) is 20.6. The molecule has 2 aromatic rings. The highest BCUT2D eigenvalue weighted by atomic mass is 35.5. The van der Waals surface area contributed by atoms with Gasteiger partial charge in [0.05, 0.1) is 0 Å². The summed E-state index contributed by atoms with van der Waals surface area (Å²) < 4.78 is 0. The molecule has 4 nitrogen and oxygen atoms in total. The van der Waals surface area contributed by atoms with Crippen molar-refractivity contribution < 1.29 is 4.79 Å². The van der Waals surface area contributed by atoms with Gasteiger partial charge in [-0.15, -0.1) is 0 Å². The van der Waals surface area contributed by atoms with E-state index in [9.17, 15) is 4.79 Å². The molecule has 1 aliphatic rings. The van der Waals surface area contributed by atoms with Crippen molar-refractivity contribution in [1.82, 2.24) is 15.1 Å². The number of piperidine rings is 1. The Labute approximate surface area is 179 Å². The zero-order valence-electron chi connectivity index (χ0n) is 17.5. The van der Waals surface area contributed by atoms with Crippen LogP contribution in [0.4, 0.5) is 0 Å². The third kappa shape index (κ3) is 6.05. The highest BCUT2D eigenvalue weighted by Gasteiger charge is 2.28. The summed E-state index contributed by atoms with van der Waals surface area (Å²) in [5.41, 5.74) is 2.34. The molecule has 1 N–H and O–H groups in total. The topological polar surface area (TPSA) is 35.6 Å². The SMILES string of the molecule is CCN(CC)C(C(=O)NC1CCN(Cc2ccc(Cl)cc2)CC1)c1ccccc1. The summed E-state index contributed by atoms with van der Waals surface area (Å²) in [5, 5.41) is 4.11. The average Bonchev–Trinajstić information content (AvgIpc) is 2.75. The number of likely N-dealkylation sites (N-methyl/N-ethyl adjacent to an activating group) is 1. The molecule has 1 unspecified atom stereocenters. The summed E-state index contributed by atoms with van der Waals surface area (Å²) in [4.78, 5) is 17.9. The van der Waals surface area contributed by atoms with Crippen molar-refractivity contribution in [3.05, 3.63) is 70.7 Å². The molecule has 29 heavy (non-hydrogen) atoms. The molecule has 1 atom stereocenters. The van der Waals surface area contributed by atoms with E-state index in [0.29, 0.717) is 0 Å². The van der Waals surface area contributed by atoms with E-state index in [1.807, 2.05) is 30.3 Å². The number of halogens is 1. The first kappa shape index (κ1) is 21.8. The van der Waals surface area contributed by atoms with Gasteiger partial charge in [-0.05, 0) is 49.2 Å². The molecule has 0 bridgehead atoms. The second-order valence-corrected chi connectivity index (χ2v) is 8.16. The predicted molar refractivity (Wildman–Crippen MR) is 120 cm³/mol. The lowest BCUT2D eigenvalue weighted by molar-refractivity contribution is -0.127. The normalized spacial score (nSPS) is 16.7. The van der Waals surface area contributed by atoms with Crippen molar-refractivity contribution in [2.24, 2.45) is 0 Å². The summed E-state index contributed by atoms with van der Waals surface area (Å²) >= 11 is 5.98. The quantitative estimate of drug-likeness (QED) is 0.691. The molecule has 1 fully saturated rings. The van der Waals surface area contributed by atoms with E-state index in [-0.39, 0.29) is 18.0 Å². The predicted octanol–water partition coefficient (Wildman–Crippen LogP) is 4.50. The fourth-order valence-electron chi connectivity index (χ4n) is 4.12. The highest BCUT2D eigenvalue weighted by Crippen LogP contribution is 2.22. The number of nitrogens with zero attached hydrogens (tertiary/aromatic N) is 2. The van der Waals surface area contributed by atoms with Crippen LogP contribution in [0.25, 0.3) is 0 Å². The Hall–Kier alpha value is -1.88. The minimum atomic E-state index is -0.224. The fourth-order valence-corrected chi connectivity index (χ4v) is 4.24. The van der Waals surface area contributed by atoms with Crippen LogP contribution in [0.1, 0.15) is 43.9 Å². The maximum atomic E-state index is 13.2. The number of benzene rings is 2. The van der Waals surface area contributed by atoms with Crippen LogP contribution in [0, 0.1) is 0 Å². The Morgan fingerprint density at radius 3 is 2.28 bits per heavy atom. The smallest absolute Gasteiger partial charge is 0.242 e. The summed E-state index contributed by atoms with van der Waals surface area (Å²) in [7, 11) is 0. The lowest BCUT2D eigenvalue weighted by Crippen LogP contribution is -2.48. The zero-order valence-corrected chi connectivity index (χ0v) is 18.2. The molecule has 1 saturated heterocycles. The average molecular weight is 414 g/mol. The molecule has 0 spiro atoms. The molecular weight excluding hydrogens is 382 g/mol. The second kappa shape index (κ2) is 10.8. The largest absolute Gasteiger partial charge is 0.352 e. The molecular formula is C24H32ClN3O. The van der Waals surface area contributed by atoms with Gasteiger partial charge in [0, 0.05) is 30.7 Å². The van der Waals surface area contributed by atoms with Crippen molar-refractivity contribution in [2.45, 2.75) is 45.3 Å². The lowest BCUT2D eigenvalue weighted by Gasteiger charge is -2.35. The molecule has 2 aromatic carbocycles. The molecule has 0 radical (unpaired) electrons. The van der Waals surface area contributed by atoms with Crippen LogP contribution in [0.15, 0.2) is 54.6 Å². The highest BCUT2D eigenvalue weighted by molar-refractivity contribution is 6.30. The van der Waals surface area contributed by atoms with Crippen LogP contribution in [0.2, 0.25) is 5.02 Å². The van der Waals surface area contributed by atoms with Crippen molar-refractivity contribution in [1.29, 1.82) is 0 Å². The molecule has 3 rings (SSSR count). The number of hydrogen-bond acceptors (Lipinski definition) is 3. The molecule has 156 valence electrons. The van der Waals surface area contributed by atoms with Gasteiger partial charge < -0.3 is 5.32 Å². The van der Waals surface area contributed by atoms with Crippen LogP contribution in [0.3, 0.4) is 0 Å². The Balaban J connectivity index is 1.56. The van der Waals surface area contributed by atoms with E-state index in [1.54, 1.807) is 0 Å². The Kier molecular flexibility index (Phi) is 8.10. The maximum absolute atomic E-state index is 13.2. The minimum absolute atomic E-state index is 0.121. The van der Waals surface area contributed by atoms with Crippen LogP contribution in [-0.4, -0.2) is 47.9 Å². The van der Waals surface area contributed by atoms with Crippen molar-refractivity contribution in [2.75, 3.05) is 26.2 Å². The van der Waals surface area contributed by atoms with E-state index in [0.717, 1.165) is 56.2 Å². The Bertz CT molecular complexity index is 753. The van der Waals surface area contributed by atoms with E-state index in [1.165, 1.54) is 5.56 Å². The van der Waals surface area contributed by atoms with Gasteiger partial charge in [0.15, 0.2) is 0 Å².